The van der Waals surface area contributed by atoms with Gasteiger partial charge in [-0.3, -0.25) is 4.79 Å². The quantitative estimate of drug-likeness (QED) is 0.756. The van der Waals surface area contributed by atoms with Crippen LogP contribution in [0.4, 0.5) is 5.82 Å². The zero-order valence-corrected chi connectivity index (χ0v) is 14.1. The largest absolute Gasteiger partial charge is 0.364 e. The second-order valence-corrected chi connectivity index (χ2v) is 6.67. The Morgan fingerprint density at radius 2 is 2.00 bits per heavy atom. The number of rotatable bonds is 3. The SMILES string of the molecule is O=C1CC(Nc2ncnc3c2cnn3-c2ncccn2)C2CCCCN12. The Morgan fingerprint density at radius 3 is 2.88 bits per heavy atom. The summed E-state index contributed by atoms with van der Waals surface area (Å²) in [5.41, 5.74) is 0.638. The Morgan fingerprint density at radius 1 is 1.12 bits per heavy atom. The summed E-state index contributed by atoms with van der Waals surface area (Å²) in [6, 6.07) is 2.07. The Bertz CT molecular complexity index is 956. The molecule has 9 heteroatoms. The summed E-state index contributed by atoms with van der Waals surface area (Å²) in [6.45, 7) is 0.865. The number of fused-ring (bicyclic) bond motifs is 2. The van der Waals surface area contributed by atoms with Crippen LogP contribution in [0.5, 0.6) is 0 Å². The van der Waals surface area contributed by atoms with Gasteiger partial charge < -0.3 is 10.2 Å². The molecule has 0 bridgehead atoms. The fourth-order valence-corrected chi connectivity index (χ4v) is 3.96. The fraction of sp³-hybridized carbons (Fsp3) is 0.412. The maximum atomic E-state index is 12.3. The first-order valence-corrected chi connectivity index (χ1v) is 8.83. The standard InChI is InChI=1S/C17H18N8O/c26-14-8-12(13-4-1-2-7-24(13)14)23-15-11-9-22-25(16(11)21-10-20-15)17-18-5-3-6-19-17/h3,5-6,9-10,12-13H,1-2,4,7-8H2,(H,20,21,23). The van der Waals surface area contributed by atoms with E-state index in [1.54, 1.807) is 29.3 Å². The number of amides is 1. The third-order valence-electron chi connectivity index (χ3n) is 5.16. The van der Waals surface area contributed by atoms with Gasteiger partial charge in [0.2, 0.25) is 5.91 Å². The molecule has 0 aromatic carbocycles. The van der Waals surface area contributed by atoms with Gasteiger partial charge in [-0.1, -0.05) is 0 Å². The summed E-state index contributed by atoms with van der Waals surface area (Å²) in [7, 11) is 0. The molecule has 9 nitrogen and oxygen atoms in total. The minimum atomic E-state index is 0.0669. The number of anilines is 1. The van der Waals surface area contributed by atoms with Gasteiger partial charge in [0, 0.05) is 25.4 Å². The predicted octanol–water partition coefficient (Wildman–Crippen LogP) is 1.17. The van der Waals surface area contributed by atoms with E-state index in [1.165, 1.54) is 6.33 Å². The molecule has 2 aliphatic rings. The van der Waals surface area contributed by atoms with Gasteiger partial charge in [0.1, 0.15) is 12.1 Å². The fourth-order valence-electron chi connectivity index (χ4n) is 3.96. The monoisotopic (exact) mass is 350 g/mol. The van der Waals surface area contributed by atoms with Gasteiger partial charge in [-0.25, -0.2) is 19.9 Å². The second-order valence-electron chi connectivity index (χ2n) is 6.67. The number of piperidine rings is 1. The molecule has 1 amide bonds. The van der Waals surface area contributed by atoms with E-state index in [9.17, 15) is 4.79 Å². The topological polar surface area (TPSA) is 102 Å². The average molecular weight is 350 g/mol. The maximum Gasteiger partial charge on any atom is 0.252 e. The Kier molecular flexibility index (Phi) is 3.51. The Hall–Kier alpha value is -3.10. The van der Waals surface area contributed by atoms with Crippen LogP contribution in [0.2, 0.25) is 0 Å². The van der Waals surface area contributed by atoms with Crippen molar-refractivity contribution in [2.75, 3.05) is 11.9 Å². The van der Waals surface area contributed by atoms with Crippen LogP contribution in [0.25, 0.3) is 17.0 Å². The van der Waals surface area contributed by atoms with E-state index >= 15 is 0 Å². The molecule has 2 saturated heterocycles. The summed E-state index contributed by atoms with van der Waals surface area (Å²) in [4.78, 5) is 31.5. The molecule has 5 heterocycles. The molecule has 2 atom stereocenters. The van der Waals surface area contributed by atoms with Crippen LogP contribution >= 0.6 is 0 Å². The molecule has 132 valence electrons. The molecule has 0 spiro atoms. The second kappa shape index (κ2) is 6.01. The van der Waals surface area contributed by atoms with Crippen LogP contribution in [0.15, 0.2) is 31.0 Å². The smallest absolute Gasteiger partial charge is 0.252 e. The molecule has 3 aromatic heterocycles. The molecule has 0 saturated carbocycles. The highest BCUT2D eigenvalue weighted by Gasteiger charge is 2.41. The lowest BCUT2D eigenvalue weighted by Crippen LogP contribution is -2.43. The van der Waals surface area contributed by atoms with Gasteiger partial charge in [0.15, 0.2) is 5.65 Å². The lowest BCUT2D eigenvalue weighted by atomic mass is 9.99. The van der Waals surface area contributed by atoms with E-state index in [1.807, 2.05) is 4.90 Å². The van der Waals surface area contributed by atoms with Gasteiger partial charge in [0.05, 0.1) is 23.7 Å². The van der Waals surface area contributed by atoms with Crippen molar-refractivity contribution in [3.63, 3.8) is 0 Å². The molecule has 26 heavy (non-hydrogen) atoms. The zero-order valence-electron chi connectivity index (χ0n) is 14.1. The molecule has 0 aliphatic carbocycles. The predicted molar refractivity (Wildman–Crippen MR) is 93.6 cm³/mol. The summed E-state index contributed by atoms with van der Waals surface area (Å²) >= 11 is 0. The number of carbonyl (C=O) groups excluding carboxylic acids is 1. The minimum absolute atomic E-state index is 0.0669. The first-order chi connectivity index (χ1) is 12.8. The molecule has 1 N–H and O–H groups in total. The van der Waals surface area contributed by atoms with Crippen LogP contribution in [0, 0.1) is 0 Å². The van der Waals surface area contributed by atoms with Crippen molar-refractivity contribution in [2.24, 2.45) is 0 Å². The third kappa shape index (κ3) is 2.39. The number of nitrogens with zero attached hydrogens (tertiary/aromatic N) is 7. The van der Waals surface area contributed by atoms with Crippen molar-refractivity contribution in [1.29, 1.82) is 0 Å². The third-order valence-corrected chi connectivity index (χ3v) is 5.16. The number of carbonyl (C=O) groups is 1. The molecule has 2 aliphatic heterocycles. The normalized spacial score (nSPS) is 22.6. The number of nitrogens with one attached hydrogen (secondary N) is 1. The van der Waals surface area contributed by atoms with Gasteiger partial charge >= 0.3 is 0 Å². The van der Waals surface area contributed by atoms with Gasteiger partial charge in [0.25, 0.3) is 5.95 Å². The van der Waals surface area contributed by atoms with E-state index in [0.29, 0.717) is 23.8 Å². The number of hydrogen-bond donors (Lipinski definition) is 1. The summed E-state index contributed by atoms with van der Waals surface area (Å²) < 4.78 is 1.59. The molecule has 2 fully saturated rings. The van der Waals surface area contributed by atoms with Crippen LogP contribution < -0.4 is 5.32 Å². The van der Waals surface area contributed by atoms with Crippen molar-refractivity contribution < 1.29 is 4.79 Å². The van der Waals surface area contributed by atoms with Crippen molar-refractivity contribution in [3.05, 3.63) is 31.0 Å². The minimum Gasteiger partial charge on any atom is -0.364 e. The molecule has 0 radical (unpaired) electrons. The van der Waals surface area contributed by atoms with E-state index in [2.05, 4.69) is 30.4 Å². The van der Waals surface area contributed by atoms with Crippen molar-refractivity contribution >= 4 is 22.8 Å². The van der Waals surface area contributed by atoms with E-state index in [0.717, 1.165) is 31.2 Å². The number of aromatic nitrogens is 6. The van der Waals surface area contributed by atoms with E-state index in [-0.39, 0.29) is 18.0 Å². The molecular formula is C17H18N8O. The summed E-state index contributed by atoms with van der Waals surface area (Å²) in [6.07, 6.45) is 10.3. The average Bonchev–Trinajstić information content (AvgIpc) is 3.25. The van der Waals surface area contributed by atoms with E-state index in [4.69, 9.17) is 0 Å². The van der Waals surface area contributed by atoms with Crippen LogP contribution in [0.1, 0.15) is 25.7 Å². The van der Waals surface area contributed by atoms with Crippen molar-refractivity contribution in [2.45, 2.75) is 37.8 Å². The number of hydrogen-bond acceptors (Lipinski definition) is 7. The lowest BCUT2D eigenvalue weighted by Gasteiger charge is -2.32. The van der Waals surface area contributed by atoms with Gasteiger partial charge in [-0.05, 0) is 25.3 Å². The van der Waals surface area contributed by atoms with Crippen molar-refractivity contribution in [3.8, 4) is 5.95 Å². The zero-order chi connectivity index (χ0) is 17.5. The van der Waals surface area contributed by atoms with Crippen LogP contribution in [0.3, 0.4) is 0 Å². The maximum absolute atomic E-state index is 12.3. The summed E-state index contributed by atoms with van der Waals surface area (Å²) in [5.74, 6) is 1.38. The lowest BCUT2D eigenvalue weighted by molar-refractivity contribution is -0.129. The Labute approximate surface area is 149 Å². The van der Waals surface area contributed by atoms with Gasteiger partial charge in [-0.2, -0.15) is 9.78 Å². The van der Waals surface area contributed by atoms with Crippen LogP contribution in [-0.4, -0.2) is 59.2 Å². The highest BCUT2D eigenvalue weighted by molar-refractivity contribution is 5.88. The highest BCUT2D eigenvalue weighted by Crippen LogP contribution is 2.31. The molecular weight excluding hydrogens is 332 g/mol. The Balaban J connectivity index is 1.49. The molecule has 2 unspecified atom stereocenters. The summed E-state index contributed by atoms with van der Waals surface area (Å²) in [5, 5.41) is 8.63. The molecule has 3 aromatic rings. The first kappa shape index (κ1) is 15.2. The van der Waals surface area contributed by atoms with E-state index < -0.39 is 0 Å². The van der Waals surface area contributed by atoms with Crippen molar-refractivity contribution in [1.82, 2.24) is 34.6 Å². The van der Waals surface area contributed by atoms with Crippen LogP contribution in [-0.2, 0) is 4.79 Å². The van der Waals surface area contributed by atoms with Gasteiger partial charge in [-0.15, -0.1) is 0 Å². The molecule has 5 rings (SSSR count). The first-order valence-electron chi connectivity index (χ1n) is 8.83. The highest BCUT2D eigenvalue weighted by atomic mass is 16.2.